The molecule has 7 heteroatoms. The number of halogens is 1. The number of hydrogen-bond acceptors (Lipinski definition) is 5. The van der Waals surface area contributed by atoms with E-state index in [1.165, 1.54) is 11.3 Å². The Bertz CT molecular complexity index is 907. The fourth-order valence-electron chi connectivity index (χ4n) is 3.43. The molecule has 0 saturated heterocycles. The third kappa shape index (κ3) is 3.81. The fraction of sp³-hybridized carbons (Fsp3) is 0.316. The predicted octanol–water partition coefficient (Wildman–Crippen LogP) is 4.50. The molecule has 1 aromatic carbocycles. The smallest absolute Gasteiger partial charge is 0.270 e. The second kappa shape index (κ2) is 7.60. The van der Waals surface area contributed by atoms with Crippen molar-refractivity contribution < 1.29 is 4.79 Å². The van der Waals surface area contributed by atoms with Crippen LogP contribution in [-0.4, -0.2) is 28.0 Å². The standard InChI is InChI=1S/C19H19ClN4OS/c20-12-1-6-15-16(7-8-21-17(15)9-12)23-13-2-4-14(5-3-13)24-19(25)18-10-26-11-22-18/h1,6-11,13-14H,2-5H2,(H,21,23)(H,24,25)/t13-,14+. The number of rotatable bonds is 4. The molecule has 0 aliphatic heterocycles. The van der Waals surface area contributed by atoms with Crippen LogP contribution >= 0.6 is 22.9 Å². The van der Waals surface area contributed by atoms with Crippen molar-refractivity contribution in [1.29, 1.82) is 0 Å². The zero-order valence-electron chi connectivity index (χ0n) is 14.1. The van der Waals surface area contributed by atoms with Gasteiger partial charge in [-0.15, -0.1) is 11.3 Å². The molecule has 1 saturated carbocycles. The van der Waals surface area contributed by atoms with E-state index in [1.807, 2.05) is 24.3 Å². The Morgan fingerprint density at radius 2 is 1.92 bits per heavy atom. The number of nitrogens with one attached hydrogen (secondary N) is 2. The minimum Gasteiger partial charge on any atom is -0.382 e. The summed E-state index contributed by atoms with van der Waals surface area (Å²) >= 11 is 7.50. The van der Waals surface area contributed by atoms with Crippen molar-refractivity contribution in [2.45, 2.75) is 37.8 Å². The van der Waals surface area contributed by atoms with Crippen LogP contribution in [0.25, 0.3) is 10.9 Å². The summed E-state index contributed by atoms with van der Waals surface area (Å²) in [7, 11) is 0. The molecule has 0 atom stereocenters. The molecule has 2 aromatic heterocycles. The van der Waals surface area contributed by atoms with Crippen molar-refractivity contribution in [3.05, 3.63) is 52.1 Å². The predicted molar refractivity (Wildman–Crippen MR) is 106 cm³/mol. The number of fused-ring (bicyclic) bond motifs is 1. The minimum absolute atomic E-state index is 0.0698. The number of carbonyl (C=O) groups excluding carboxylic acids is 1. The Balaban J connectivity index is 1.36. The van der Waals surface area contributed by atoms with Crippen LogP contribution in [0.1, 0.15) is 36.2 Å². The van der Waals surface area contributed by atoms with E-state index in [9.17, 15) is 4.79 Å². The van der Waals surface area contributed by atoms with Crippen LogP contribution in [0.2, 0.25) is 5.02 Å². The Hall–Kier alpha value is -2.18. The van der Waals surface area contributed by atoms with Crippen molar-refractivity contribution in [1.82, 2.24) is 15.3 Å². The van der Waals surface area contributed by atoms with Crippen molar-refractivity contribution >= 4 is 45.4 Å². The van der Waals surface area contributed by atoms with Gasteiger partial charge >= 0.3 is 0 Å². The molecule has 3 aromatic rings. The fourth-order valence-corrected chi connectivity index (χ4v) is 4.13. The van der Waals surface area contributed by atoms with Crippen molar-refractivity contribution in [3.8, 4) is 0 Å². The highest BCUT2D eigenvalue weighted by molar-refractivity contribution is 7.07. The van der Waals surface area contributed by atoms with Gasteiger partial charge in [0.25, 0.3) is 5.91 Å². The highest BCUT2D eigenvalue weighted by atomic mass is 35.5. The van der Waals surface area contributed by atoms with Crippen LogP contribution in [0.3, 0.4) is 0 Å². The van der Waals surface area contributed by atoms with Gasteiger partial charge in [-0.25, -0.2) is 4.98 Å². The maximum atomic E-state index is 12.1. The second-order valence-electron chi connectivity index (χ2n) is 6.56. The average molecular weight is 387 g/mol. The van der Waals surface area contributed by atoms with Crippen LogP contribution in [0.15, 0.2) is 41.4 Å². The summed E-state index contributed by atoms with van der Waals surface area (Å²) < 4.78 is 0. The summed E-state index contributed by atoms with van der Waals surface area (Å²) in [6.45, 7) is 0. The lowest BCUT2D eigenvalue weighted by Crippen LogP contribution is -2.40. The third-order valence-corrected chi connectivity index (χ3v) is 5.61. The lowest BCUT2D eigenvalue weighted by Gasteiger charge is -2.30. The number of amides is 1. The summed E-state index contributed by atoms with van der Waals surface area (Å²) in [6.07, 6.45) is 5.75. The Morgan fingerprint density at radius 3 is 2.69 bits per heavy atom. The van der Waals surface area contributed by atoms with E-state index in [4.69, 9.17) is 11.6 Å². The molecular formula is C19H19ClN4OS. The first kappa shape index (κ1) is 17.2. The van der Waals surface area contributed by atoms with Gasteiger partial charge < -0.3 is 10.6 Å². The molecular weight excluding hydrogens is 368 g/mol. The minimum atomic E-state index is -0.0698. The molecule has 4 rings (SSSR count). The summed E-state index contributed by atoms with van der Waals surface area (Å²) in [4.78, 5) is 20.6. The number of hydrogen-bond donors (Lipinski definition) is 2. The van der Waals surface area contributed by atoms with Gasteiger partial charge in [0, 0.05) is 39.8 Å². The van der Waals surface area contributed by atoms with Gasteiger partial charge in [-0.05, 0) is 49.9 Å². The summed E-state index contributed by atoms with van der Waals surface area (Å²) in [5, 5.41) is 10.3. The summed E-state index contributed by atoms with van der Waals surface area (Å²) in [5.41, 5.74) is 4.17. The largest absolute Gasteiger partial charge is 0.382 e. The van der Waals surface area contributed by atoms with E-state index in [1.54, 1.807) is 17.1 Å². The molecule has 1 aliphatic rings. The molecule has 0 unspecified atom stereocenters. The van der Waals surface area contributed by atoms with E-state index < -0.39 is 0 Å². The van der Waals surface area contributed by atoms with Gasteiger partial charge in [-0.3, -0.25) is 9.78 Å². The number of anilines is 1. The first-order chi connectivity index (χ1) is 12.7. The van der Waals surface area contributed by atoms with Crippen LogP contribution < -0.4 is 10.6 Å². The summed E-state index contributed by atoms with van der Waals surface area (Å²) in [6, 6.07) is 8.40. The SMILES string of the molecule is O=C(N[C@H]1CC[C@@H](Nc2ccnc3cc(Cl)ccc23)CC1)c1cscn1. The number of thiazole rings is 1. The first-order valence-corrected chi connectivity index (χ1v) is 10.0. The van der Waals surface area contributed by atoms with Crippen molar-refractivity contribution in [3.63, 3.8) is 0 Å². The van der Waals surface area contributed by atoms with E-state index >= 15 is 0 Å². The molecule has 2 heterocycles. The maximum absolute atomic E-state index is 12.1. The lowest BCUT2D eigenvalue weighted by atomic mass is 9.90. The molecule has 5 nitrogen and oxygen atoms in total. The normalized spacial score (nSPS) is 20.0. The molecule has 1 amide bonds. The number of benzene rings is 1. The van der Waals surface area contributed by atoms with Gasteiger partial charge in [0.15, 0.2) is 0 Å². The monoisotopic (exact) mass is 386 g/mol. The van der Waals surface area contributed by atoms with Crippen LogP contribution in [0.5, 0.6) is 0 Å². The van der Waals surface area contributed by atoms with Gasteiger partial charge in [-0.1, -0.05) is 11.6 Å². The molecule has 0 bridgehead atoms. The van der Waals surface area contributed by atoms with E-state index in [0.29, 0.717) is 16.8 Å². The third-order valence-electron chi connectivity index (χ3n) is 4.79. The zero-order valence-corrected chi connectivity index (χ0v) is 15.7. The quantitative estimate of drug-likeness (QED) is 0.692. The van der Waals surface area contributed by atoms with Crippen LogP contribution in [-0.2, 0) is 0 Å². The van der Waals surface area contributed by atoms with E-state index in [-0.39, 0.29) is 11.9 Å². The van der Waals surface area contributed by atoms with E-state index in [2.05, 4.69) is 20.6 Å². The highest BCUT2D eigenvalue weighted by Crippen LogP contribution is 2.28. The second-order valence-corrected chi connectivity index (χ2v) is 7.72. The molecule has 0 radical (unpaired) electrons. The first-order valence-electron chi connectivity index (χ1n) is 8.69. The van der Waals surface area contributed by atoms with Crippen molar-refractivity contribution in [2.24, 2.45) is 0 Å². The Kier molecular flexibility index (Phi) is 5.04. The van der Waals surface area contributed by atoms with Gasteiger partial charge in [0.1, 0.15) is 5.69 Å². The lowest BCUT2D eigenvalue weighted by molar-refractivity contribution is 0.0922. The highest BCUT2D eigenvalue weighted by Gasteiger charge is 2.23. The van der Waals surface area contributed by atoms with Crippen LogP contribution in [0.4, 0.5) is 5.69 Å². The maximum Gasteiger partial charge on any atom is 0.270 e. The van der Waals surface area contributed by atoms with E-state index in [0.717, 1.165) is 42.3 Å². The van der Waals surface area contributed by atoms with Crippen molar-refractivity contribution in [2.75, 3.05) is 5.32 Å². The molecule has 26 heavy (non-hydrogen) atoms. The molecule has 1 fully saturated rings. The number of pyridine rings is 1. The van der Waals surface area contributed by atoms with Gasteiger partial charge in [0.2, 0.25) is 0 Å². The zero-order chi connectivity index (χ0) is 17.9. The molecule has 134 valence electrons. The molecule has 2 N–H and O–H groups in total. The Morgan fingerprint density at radius 1 is 1.12 bits per heavy atom. The summed E-state index contributed by atoms with van der Waals surface area (Å²) in [5.74, 6) is -0.0698. The number of nitrogens with zero attached hydrogens (tertiary/aromatic N) is 2. The topological polar surface area (TPSA) is 66.9 Å². The van der Waals surface area contributed by atoms with Gasteiger partial charge in [0.05, 0.1) is 11.0 Å². The number of carbonyl (C=O) groups is 1. The molecule has 0 spiro atoms. The van der Waals surface area contributed by atoms with Gasteiger partial charge in [-0.2, -0.15) is 0 Å². The Labute approximate surface area is 160 Å². The van der Waals surface area contributed by atoms with Crippen LogP contribution in [0, 0.1) is 0 Å². The average Bonchev–Trinajstić information content (AvgIpc) is 3.18. The molecule has 1 aliphatic carbocycles. The number of aromatic nitrogens is 2.